The number of carbonyl (C=O) groups is 1. The molecule has 0 heterocycles. The Morgan fingerprint density at radius 3 is 2.48 bits per heavy atom. The molecule has 0 aliphatic carbocycles. The van der Waals surface area contributed by atoms with Crippen molar-refractivity contribution < 1.29 is 4.79 Å². The summed E-state index contributed by atoms with van der Waals surface area (Å²) in [6.07, 6.45) is 4.51. The molecule has 0 radical (unpaired) electrons. The van der Waals surface area contributed by atoms with E-state index in [-0.39, 0.29) is 5.91 Å². The van der Waals surface area contributed by atoms with E-state index >= 15 is 0 Å². The van der Waals surface area contributed by atoms with E-state index in [1.807, 2.05) is 24.3 Å². The summed E-state index contributed by atoms with van der Waals surface area (Å²) in [5.74, 6) is 0.397. The van der Waals surface area contributed by atoms with Gasteiger partial charge in [0.1, 0.15) is 0 Å². The van der Waals surface area contributed by atoms with E-state index in [0.717, 1.165) is 49.4 Å². The van der Waals surface area contributed by atoms with Crippen LogP contribution in [0.1, 0.15) is 39.5 Å². The summed E-state index contributed by atoms with van der Waals surface area (Å²) in [7, 11) is 0. The highest BCUT2D eigenvalue weighted by molar-refractivity contribution is 7.99. The number of nitrogens with zero attached hydrogens (tertiary/aromatic N) is 2. The van der Waals surface area contributed by atoms with Gasteiger partial charge in [-0.2, -0.15) is 5.26 Å². The van der Waals surface area contributed by atoms with Gasteiger partial charge in [-0.3, -0.25) is 9.69 Å². The van der Waals surface area contributed by atoms with Gasteiger partial charge in [-0.25, -0.2) is 0 Å². The fourth-order valence-electron chi connectivity index (χ4n) is 2.23. The average molecular weight is 334 g/mol. The zero-order valence-corrected chi connectivity index (χ0v) is 15.0. The first-order chi connectivity index (χ1) is 11.2. The highest BCUT2D eigenvalue weighted by Gasteiger charge is 2.12. The van der Waals surface area contributed by atoms with Crippen molar-refractivity contribution in [3.05, 3.63) is 24.3 Å². The molecular formula is C18H27N3OS. The van der Waals surface area contributed by atoms with Gasteiger partial charge in [0.05, 0.1) is 24.1 Å². The Morgan fingerprint density at radius 1 is 1.22 bits per heavy atom. The van der Waals surface area contributed by atoms with Crippen LogP contribution in [0.15, 0.2) is 29.2 Å². The number of hydrogen-bond acceptors (Lipinski definition) is 4. The minimum absolute atomic E-state index is 0.0159. The SMILES string of the molecule is CCCCN(CCCC)CC(=O)Nc1ccccc1SCC#N. The van der Waals surface area contributed by atoms with Gasteiger partial charge < -0.3 is 5.32 Å². The summed E-state index contributed by atoms with van der Waals surface area (Å²) >= 11 is 1.45. The molecule has 0 saturated carbocycles. The smallest absolute Gasteiger partial charge is 0.238 e. The lowest BCUT2D eigenvalue weighted by atomic mass is 10.2. The number of benzene rings is 1. The predicted molar refractivity (Wildman–Crippen MR) is 97.7 cm³/mol. The number of para-hydroxylation sites is 1. The molecule has 1 aromatic carbocycles. The fourth-order valence-corrected chi connectivity index (χ4v) is 2.90. The second-order valence-electron chi connectivity index (χ2n) is 5.47. The molecule has 0 aliphatic heterocycles. The third-order valence-corrected chi connectivity index (χ3v) is 4.42. The Labute approximate surface area is 144 Å². The van der Waals surface area contributed by atoms with E-state index in [1.165, 1.54) is 11.8 Å². The number of rotatable bonds is 11. The highest BCUT2D eigenvalue weighted by atomic mass is 32.2. The van der Waals surface area contributed by atoms with Crippen molar-refractivity contribution in [3.63, 3.8) is 0 Å². The Morgan fingerprint density at radius 2 is 1.87 bits per heavy atom. The van der Waals surface area contributed by atoms with E-state index in [0.29, 0.717) is 12.3 Å². The van der Waals surface area contributed by atoms with Crippen molar-refractivity contribution in [1.82, 2.24) is 4.90 Å². The molecular weight excluding hydrogens is 306 g/mol. The maximum absolute atomic E-state index is 12.3. The van der Waals surface area contributed by atoms with Gasteiger partial charge in [0.25, 0.3) is 0 Å². The molecule has 0 aliphatic rings. The molecule has 1 aromatic rings. The Kier molecular flexibility index (Phi) is 10.2. The molecule has 0 spiro atoms. The molecule has 0 atom stereocenters. The molecule has 126 valence electrons. The first kappa shape index (κ1) is 19.5. The number of anilines is 1. The highest BCUT2D eigenvalue weighted by Crippen LogP contribution is 2.26. The number of hydrogen-bond donors (Lipinski definition) is 1. The van der Waals surface area contributed by atoms with Crippen LogP contribution < -0.4 is 5.32 Å². The summed E-state index contributed by atoms with van der Waals surface area (Å²) < 4.78 is 0. The monoisotopic (exact) mass is 333 g/mol. The van der Waals surface area contributed by atoms with Crippen LogP contribution in [-0.2, 0) is 4.79 Å². The number of nitriles is 1. The first-order valence-corrected chi connectivity index (χ1v) is 9.30. The second-order valence-corrected chi connectivity index (χ2v) is 6.49. The van der Waals surface area contributed by atoms with Gasteiger partial charge in [-0.15, -0.1) is 11.8 Å². The lowest BCUT2D eigenvalue weighted by Gasteiger charge is -2.21. The lowest BCUT2D eigenvalue weighted by Crippen LogP contribution is -2.34. The summed E-state index contributed by atoms with van der Waals surface area (Å²) in [4.78, 5) is 15.5. The fraction of sp³-hybridized carbons (Fsp3) is 0.556. The first-order valence-electron chi connectivity index (χ1n) is 8.32. The van der Waals surface area contributed by atoms with Crippen LogP contribution >= 0.6 is 11.8 Å². The summed E-state index contributed by atoms with van der Waals surface area (Å²) in [5, 5.41) is 11.7. The molecule has 0 unspecified atom stereocenters. The average Bonchev–Trinajstić information content (AvgIpc) is 2.56. The van der Waals surface area contributed by atoms with E-state index in [2.05, 4.69) is 30.1 Å². The zero-order chi connectivity index (χ0) is 16.9. The Balaban J connectivity index is 2.61. The largest absolute Gasteiger partial charge is 0.324 e. The molecule has 0 aromatic heterocycles. The third-order valence-electron chi connectivity index (χ3n) is 3.48. The molecule has 1 rings (SSSR count). The Bertz CT molecular complexity index is 505. The van der Waals surface area contributed by atoms with Gasteiger partial charge in [-0.1, -0.05) is 38.8 Å². The van der Waals surface area contributed by atoms with Gasteiger partial charge in [0.15, 0.2) is 0 Å². The maximum atomic E-state index is 12.3. The van der Waals surface area contributed by atoms with Crippen LogP contribution in [0.4, 0.5) is 5.69 Å². The van der Waals surface area contributed by atoms with Crippen LogP contribution in [0.25, 0.3) is 0 Å². The lowest BCUT2D eigenvalue weighted by molar-refractivity contribution is -0.117. The van der Waals surface area contributed by atoms with Crippen LogP contribution in [0.2, 0.25) is 0 Å². The molecule has 23 heavy (non-hydrogen) atoms. The van der Waals surface area contributed by atoms with E-state index in [9.17, 15) is 4.79 Å². The normalized spacial score (nSPS) is 10.5. The molecule has 4 nitrogen and oxygen atoms in total. The molecule has 0 saturated heterocycles. The van der Waals surface area contributed by atoms with E-state index in [1.54, 1.807) is 0 Å². The summed E-state index contributed by atoms with van der Waals surface area (Å²) in [6, 6.07) is 9.76. The number of unbranched alkanes of at least 4 members (excludes halogenated alkanes) is 2. The summed E-state index contributed by atoms with van der Waals surface area (Å²) in [5.41, 5.74) is 0.795. The van der Waals surface area contributed by atoms with Gasteiger partial charge >= 0.3 is 0 Å². The number of thioether (sulfide) groups is 1. The Hall–Kier alpha value is -1.51. The van der Waals surface area contributed by atoms with Crippen LogP contribution in [0.3, 0.4) is 0 Å². The van der Waals surface area contributed by atoms with Gasteiger partial charge in [-0.05, 0) is 38.1 Å². The predicted octanol–water partition coefficient (Wildman–Crippen LogP) is 4.14. The molecule has 5 heteroatoms. The minimum atomic E-state index is 0.0159. The number of carbonyl (C=O) groups excluding carboxylic acids is 1. The van der Waals surface area contributed by atoms with Crippen molar-refractivity contribution in [2.75, 3.05) is 30.7 Å². The zero-order valence-electron chi connectivity index (χ0n) is 14.2. The molecule has 0 fully saturated rings. The van der Waals surface area contributed by atoms with Crippen molar-refractivity contribution in [2.45, 2.75) is 44.4 Å². The third kappa shape index (κ3) is 8.06. The molecule has 0 bridgehead atoms. The van der Waals surface area contributed by atoms with E-state index < -0.39 is 0 Å². The van der Waals surface area contributed by atoms with Crippen LogP contribution in [-0.4, -0.2) is 36.2 Å². The van der Waals surface area contributed by atoms with Crippen molar-refractivity contribution in [1.29, 1.82) is 5.26 Å². The minimum Gasteiger partial charge on any atom is -0.324 e. The van der Waals surface area contributed by atoms with Gasteiger partial charge in [0, 0.05) is 4.90 Å². The summed E-state index contributed by atoms with van der Waals surface area (Å²) in [6.45, 7) is 6.70. The van der Waals surface area contributed by atoms with Crippen LogP contribution in [0, 0.1) is 11.3 Å². The molecule has 1 amide bonds. The standard InChI is InChI=1S/C18H27N3OS/c1-3-5-12-21(13-6-4-2)15-18(22)20-16-9-7-8-10-17(16)23-14-11-19/h7-10H,3-6,12-15H2,1-2H3,(H,20,22). The van der Waals surface area contributed by atoms with Crippen LogP contribution in [0.5, 0.6) is 0 Å². The van der Waals surface area contributed by atoms with Crippen molar-refractivity contribution in [3.8, 4) is 6.07 Å². The molecule has 1 N–H and O–H groups in total. The van der Waals surface area contributed by atoms with E-state index in [4.69, 9.17) is 5.26 Å². The second kappa shape index (κ2) is 12.0. The number of nitrogens with one attached hydrogen (secondary N) is 1. The van der Waals surface area contributed by atoms with Crippen molar-refractivity contribution >= 4 is 23.4 Å². The van der Waals surface area contributed by atoms with Crippen molar-refractivity contribution in [2.24, 2.45) is 0 Å². The number of amides is 1. The quantitative estimate of drug-likeness (QED) is 0.618. The van der Waals surface area contributed by atoms with Gasteiger partial charge in [0.2, 0.25) is 5.91 Å². The maximum Gasteiger partial charge on any atom is 0.238 e. The topological polar surface area (TPSA) is 56.1 Å².